The van der Waals surface area contributed by atoms with Crippen molar-refractivity contribution in [2.24, 2.45) is 5.73 Å². The van der Waals surface area contributed by atoms with Crippen LogP contribution in [0.1, 0.15) is 10.4 Å². The van der Waals surface area contributed by atoms with Gasteiger partial charge in [-0.3, -0.25) is 0 Å². The van der Waals surface area contributed by atoms with Gasteiger partial charge in [-0.05, 0) is 12.1 Å². The molecule has 0 aliphatic heterocycles. The van der Waals surface area contributed by atoms with Crippen LogP contribution in [0.2, 0.25) is 0 Å². The Labute approximate surface area is 108 Å². The lowest BCUT2D eigenvalue weighted by molar-refractivity contribution is 0.967. The van der Waals surface area contributed by atoms with Crippen LogP contribution in [0.15, 0.2) is 35.1 Å². The molecule has 0 fully saturated rings. The van der Waals surface area contributed by atoms with Crippen LogP contribution >= 0.6 is 23.1 Å². The van der Waals surface area contributed by atoms with Crippen LogP contribution in [0.4, 0.5) is 0 Å². The zero-order chi connectivity index (χ0) is 11.9. The van der Waals surface area contributed by atoms with E-state index in [1.54, 1.807) is 35.5 Å². The second-order valence-corrected chi connectivity index (χ2v) is 5.07. The van der Waals surface area contributed by atoms with Gasteiger partial charge in [-0.15, -0.1) is 11.3 Å². The van der Waals surface area contributed by atoms with Crippen molar-refractivity contribution in [2.75, 3.05) is 6.54 Å². The summed E-state index contributed by atoms with van der Waals surface area (Å²) >= 11 is 3.33. The van der Waals surface area contributed by atoms with Gasteiger partial charge in [0.1, 0.15) is 0 Å². The Balaban J connectivity index is 1.94. The Bertz CT molecular complexity index is 525. The molecule has 2 aromatic rings. The van der Waals surface area contributed by atoms with Crippen molar-refractivity contribution in [3.05, 3.63) is 40.3 Å². The van der Waals surface area contributed by atoms with E-state index in [1.165, 1.54) is 4.88 Å². The zero-order valence-corrected chi connectivity index (χ0v) is 10.7. The lowest BCUT2D eigenvalue weighted by Gasteiger charge is -1.95. The molecule has 3 nitrogen and oxygen atoms in total. The summed E-state index contributed by atoms with van der Waals surface area (Å²) in [6.07, 6.45) is 3.50. The highest BCUT2D eigenvalue weighted by Gasteiger charge is 2.01. The van der Waals surface area contributed by atoms with E-state index in [2.05, 4.69) is 27.9 Å². The smallest absolute Gasteiger partial charge is 0.187 e. The molecule has 2 heterocycles. The monoisotopic (exact) mass is 261 g/mol. The summed E-state index contributed by atoms with van der Waals surface area (Å²) in [5.74, 6) is 6.74. The Morgan fingerprint density at radius 1 is 1.35 bits per heavy atom. The van der Waals surface area contributed by atoms with Gasteiger partial charge in [-0.25, -0.2) is 9.97 Å². The minimum atomic E-state index is 0.401. The second-order valence-electron chi connectivity index (χ2n) is 3.13. The molecule has 2 rings (SSSR count). The van der Waals surface area contributed by atoms with Crippen LogP contribution in [0.5, 0.6) is 0 Å². The molecule has 2 N–H and O–H groups in total. The van der Waals surface area contributed by atoms with Gasteiger partial charge in [-0.1, -0.05) is 23.6 Å². The molecular formula is C12H11N3S2. The second kappa shape index (κ2) is 6.40. The van der Waals surface area contributed by atoms with Gasteiger partial charge in [0.25, 0.3) is 0 Å². The number of nitrogens with two attached hydrogens (primary N) is 1. The molecule has 0 atom stereocenters. The summed E-state index contributed by atoms with van der Waals surface area (Å²) in [5, 5.41) is 2.85. The van der Waals surface area contributed by atoms with Crippen molar-refractivity contribution in [3.63, 3.8) is 0 Å². The summed E-state index contributed by atoms with van der Waals surface area (Å²) in [7, 11) is 0. The largest absolute Gasteiger partial charge is 0.320 e. The van der Waals surface area contributed by atoms with Crippen LogP contribution in [0.3, 0.4) is 0 Å². The van der Waals surface area contributed by atoms with Crippen LogP contribution in [-0.4, -0.2) is 16.5 Å². The molecule has 0 spiro atoms. The Morgan fingerprint density at radius 2 is 2.18 bits per heavy atom. The van der Waals surface area contributed by atoms with E-state index in [0.29, 0.717) is 6.54 Å². The first kappa shape index (κ1) is 12.1. The first-order chi connectivity index (χ1) is 8.38. The summed E-state index contributed by atoms with van der Waals surface area (Å²) in [5.41, 5.74) is 6.36. The molecule has 0 aliphatic rings. The molecule has 0 aliphatic carbocycles. The molecule has 0 unspecified atom stereocenters. The summed E-state index contributed by atoms with van der Waals surface area (Å²) in [6, 6.07) is 3.90. The maximum Gasteiger partial charge on any atom is 0.187 e. The maximum atomic E-state index is 5.33. The number of thioether (sulfide) groups is 1. The number of hydrogen-bond acceptors (Lipinski definition) is 5. The van der Waals surface area contributed by atoms with E-state index in [-0.39, 0.29) is 0 Å². The molecule has 5 heteroatoms. The molecule has 0 radical (unpaired) electrons. The van der Waals surface area contributed by atoms with Crippen LogP contribution in [-0.2, 0) is 5.75 Å². The van der Waals surface area contributed by atoms with Gasteiger partial charge >= 0.3 is 0 Å². The summed E-state index contributed by atoms with van der Waals surface area (Å²) < 4.78 is 0. The van der Waals surface area contributed by atoms with Crippen molar-refractivity contribution in [2.45, 2.75) is 10.9 Å². The highest BCUT2D eigenvalue weighted by atomic mass is 32.2. The fraction of sp³-hybridized carbons (Fsp3) is 0.167. The summed E-state index contributed by atoms with van der Waals surface area (Å²) in [4.78, 5) is 9.59. The lowest BCUT2D eigenvalue weighted by atomic mass is 10.3. The normalized spacial score (nSPS) is 9.71. The number of nitrogens with zero attached hydrogens (tertiary/aromatic N) is 2. The fourth-order valence-corrected chi connectivity index (χ4v) is 2.85. The number of rotatable bonds is 3. The first-order valence-corrected chi connectivity index (χ1v) is 6.91. The standard InChI is InChI=1S/C12H11N3S2/c13-4-1-3-10-7-11(16-8-10)9-17-12-14-5-2-6-15-12/h2,5-8H,4,9,13H2. The average molecular weight is 261 g/mol. The van der Waals surface area contributed by atoms with Gasteiger partial charge in [0, 0.05) is 34.0 Å². The van der Waals surface area contributed by atoms with Crippen LogP contribution < -0.4 is 5.73 Å². The third-order valence-electron chi connectivity index (χ3n) is 1.87. The Morgan fingerprint density at radius 3 is 2.94 bits per heavy atom. The molecular weight excluding hydrogens is 250 g/mol. The van der Waals surface area contributed by atoms with Crippen molar-refractivity contribution in [3.8, 4) is 11.8 Å². The molecule has 0 bridgehead atoms. The zero-order valence-electron chi connectivity index (χ0n) is 9.09. The average Bonchev–Trinajstić information content (AvgIpc) is 2.83. The third kappa shape index (κ3) is 3.86. The minimum Gasteiger partial charge on any atom is -0.320 e. The highest BCUT2D eigenvalue weighted by Crippen LogP contribution is 2.23. The van der Waals surface area contributed by atoms with E-state index in [0.717, 1.165) is 16.5 Å². The molecule has 0 amide bonds. The predicted octanol–water partition coefficient (Wildman–Crippen LogP) is 2.14. The van der Waals surface area contributed by atoms with E-state index in [4.69, 9.17) is 5.73 Å². The van der Waals surface area contributed by atoms with Gasteiger partial charge in [0.2, 0.25) is 0 Å². The van der Waals surface area contributed by atoms with Gasteiger partial charge in [0.05, 0.1) is 6.54 Å². The van der Waals surface area contributed by atoms with Gasteiger partial charge in [-0.2, -0.15) is 0 Å². The SMILES string of the molecule is NCC#Cc1csc(CSc2ncccn2)c1. The molecule has 0 saturated heterocycles. The van der Waals surface area contributed by atoms with Crippen molar-refractivity contribution in [1.82, 2.24) is 9.97 Å². The molecule has 86 valence electrons. The first-order valence-electron chi connectivity index (χ1n) is 5.04. The van der Waals surface area contributed by atoms with Crippen LogP contribution in [0, 0.1) is 11.8 Å². The third-order valence-corrected chi connectivity index (χ3v) is 3.92. The van der Waals surface area contributed by atoms with E-state index < -0.39 is 0 Å². The molecule has 0 aromatic carbocycles. The Kier molecular flexibility index (Phi) is 4.56. The van der Waals surface area contributed by atoms with Crippen molar-refractivity contribution in [1.29, 1.82) is 0 Å². The number of thiophene rings is 1. The summed E-state index contributed by atoms with van der Waals surface area (Å²) in [6.45, 7) is 0.401. The predicted molar refractivity (Wildman–Crippen MR) is 71.8 cm³/mol. The number of hydrogen-bond donors (Lipinski definition) is 1. The van der Waals surface area contributed by atoms with Gasteiger partial charge in [0.15, 0.2) is 5.16 Å². The maximum absolute atomic E-state index is 5.33. The minimum absolute atomic E-state index is 0.401. The quantitative estimate of drug-likeness (QED) is 0.522. The van der Waals surface area contributed by atoms with E-state index in [9.17, 15) is 0 Å². The van der Waals surface area contributed by atoms with Crippen molar-refractivity contribution >= 4 is 23.1 Å². The van der Waals surface area contributed by atoms with Crippen molar-refractivity contribution < 1.29 is 0 Å². The fourth-order valence-electron chi connectivity index (χ4n) is 1.17. The molecule has 0 saturated carbocycles. The van der Waals surface area contributed by atoms with E-state index in [1.807, 2.05) is 11.4 Å². The van der Waals surface area contributed by atoms with Crippen LogP contribution in [0.25, 0.3) is 0 Å². The van der Waals surface area contributed by atoms with Gasteiger partial charge < -0.3 is 5.73 Å². The highest BCUT2D eigenvalue weighted by molar-refractivity contribution is 7.98. The molecule has 17 heavy (non-hydrogen) atoms. The lowest BCUT2D eigenvalue weighted by Crippen LogP contribution is -1.92. The Hall–Kier alpha value is -1.35. The van der Waals surface area contributed by atoms with E-state index >= 15 is 0 Å². The molecule has 2 aromatic heterocycles. The topological polar surface area (TPSA) is 51.8 Å². The number of aromatic nitrogens is 2.